The first kappa shape index (κ1) is 7.49. The van der Waals surface area contributed by atoms with E-state index >= 15 is 0 Å². The summed E-state index contributed by atoms with van der Waals surface area (Å²) in [6.45, 7) is 1.51. The molecular weight excluding hydrogens is 148 g/mol. The Morgan fingerprint density at radius 2 is 2.09 bits per heavy atom. The third-order valence-electron chi connectivity index (χ3n) is 2.57. The maximum Gasteiger partial charge on any atom is 0.207 e. The molecule has 0 spiro atoms. The molecule has 4 heteroatoms. The molecule has 2 rings (SSSR count). The van der Waals surface area contributed by atoms with Crippen LogP contribution in [0.2, 0.25) is 0 Å². The Balaban J connectivity index is 2.26. The Morgan fingerprint density at radius 1 is 1.36 bits per heavy atom. The van der Waals surface area contributed by atoms with Crippen molar-refractivity contribution >= 4 is 0 Å². The summed E-state index contributed by atoms with van der Waals surface area (Å²) >= 11 is 0. The van der Waals surface area contributed by atoms with Crippen molar-refractivity contribution in [1.82, 2.24) is 0 Å². The van der Waals surface area contributed by atoms with Crippen molar-refractivity contribution in [2.45, 2.75) is 37.8 Å². The van der Waals surface area contributed by atoms with Gasteiger partial charge in [-0.1, -0.05) is 0 Å². The fraction of sp³-hybridized carbons (Fsp3) is 1.00. The van der Waals surface area contributed by atoms with Crippen LogP contribution in [0.5, 0.6) is 0 Å². The quantitative estimate of drug-likeness (QED) is 0.495. The fourth-order valence-electron chi connectivity index (χ4n) is 1.96. The molecule has 0 bridgehead atoms. The highest BCUT2D eigenvalue weighted by molar-refractivity contribution is 4.93. The van der Waals surface area contributed by atoms with Crippen LogP contribution in [0.15, 0.2) is 0 Å². The lowest BCUT2D eigenvalue weighted by molar-refractivity contribution is -0.420. The molecule has 3 atom stereocenters. The predicted octanol–water partition coefficient (Wildman–Crippen LogP) is 0.145. The Kier molecular flexibility index (Phi) is 1.33. The summed E-state index contributed by atoms with van der Waals surface area (Å²) in [7, 11) is 0. The van der Waals surface area contributed by atoms with E-state index in [-0.39, 0.29) is 5.92 Å². The van der Waals surface area contributed by atoms with Crippen LogP contribution in [0.25, 0.3) is 0 Å². The molecule has 4 nitrogen and oxygen atoms in total. The van der Waals surface area contributed by atoms with Gasteiger partial charge in [-0.15, -0.1) is 0 Å². The first-order chi connectivity index (χ1) is 5.05. The van der Waals surface area contributed by atoms with Crippen LogP contribution >= 0.6 is 0 Å². The molecule has 2 N–H and O–H groups in total. The van der Waals surface area contributed by atoms with Crippen LogP contribution in [0.4, 0.5) is 0 Å². The van der Waals surface area contributed by atoms with Gasteiger partial charge in [0.15, 0.2) is 0 Å². The zero-order valence-corrected chi connectivity index (χ0v) is 6.41. The van der Waals surface area contributed by atoms with Gasteiger partial charge in [0.1, 0.15) is 0 Å². The zero-order chi connectivity index (χ0) is 8.11. The van der Waals surface area contributed by atoms with E-state index in [0.29, 0.717) is 6.42 Å². The fourth-order valence-corrected chi connectivity index (χ4v) is 1.96. The van der Waals surface area contributed by atoms with Gasteiger partial charge in [0.25, 0.3) is 0 Å². The Morgan fingerprint density at radius 3 is 2.73 bits per heavy atom. The Bertz CT molecular complexity index is 179. The molecule has 0 aromatic carbocycles. The van der Waals surface area contributed by atoms with Crippen LogP contribution in [0.3, 0.4) is 0 Å². The molecule has 1 saturated carbocycles. The Hall–Kier alpha value is -0.160. The number of hydrogen-bond donors (Lipinski definition) is 2. The molecule has 2 aliphatic rings. The van der Waals surface area contributed by atoms with E-state index in [1.54, 1.807) is 0 Å². The summed E-state index contributed by atoms with van der Waals surface area (Å²) in [5, 5.41) is 19.2. The van der Waals surface area contributed by atoms with Gasteiger partial charge in [-0.3, -0.25) is 0 Å². The number of fused-ring (bicyclic) bond motifs is 1. The van der Waals surface area contributed by atoms with Gasteiger partial charge < -0.3 is 10.2 Å². The van der Waals surface area contributed by atoms with E-state index < -0.39 is 11.6 Å². The second-order valence-corrected chi connectivity index (χ2v) is 3.51. The van der Waals surface area contributed by atoms with Crippen molar-refractivity contribution in [2.24, 2.45) is 5.92 Å². The maximum absolute atomic E-state index is 9.66. The average Bonchev–Trinajstić information content (AvgIpc) is 2.36. The molecule has 3 unspecified atom stereocenters. The van der Waals surface area contributed by atoms with E-state index in [1.165, 1.54) is 6.92 Å². The maximum atomic E-state index is 9.66. The second kappa shape index (κ2) is 1.95. The van der Waals surface area contributed by atoms with Gasteiger partial charge in [-0.25, -0.2) is 0 Å². The summed E-state index contributed by atoms with van der Waals surface area (Å²) in [4.78, 5) is 9.30. The monoisotopic (exact) mass is 160 g/mol. The minimum Gasteiger partial charge on any atom is -0.363 e. The molecule has 0 radical (unpaired) electrons. The average molecular weight is 160 g/mol. The second-order valence-electron chi connectivity index (χ2n) is 3.51. The number of hydrogen-bond acceptors (Lipinski definition) is 4. The highest BCUT2D eigenvalue weighted by Crippen LogP contribution is 2.48. The standard InChI is InChI=1S/C7H12O4/c1-6(8)5-3-2-4-7(5,9)11-10-6/h5,8-9H,2-4H2,1H3. The van der Waals surface area contributed by atoms with Crippen molar-refractivity contribution < 1.29 is 20.0 Å². The minimum atomic E-state index is -1.31. The van der Waals surface area contributed by atoms with Crippen molar-refractivity contribution in [3.05, 3.63) is 0 Å². The van der Waals surface area contributed by atoms with E-state index in [0.717, 1.165) is 12.8 Å². The van der Waals surface area contributed by atoms with E-state index in [4.69, 9.17) is 0 Å². The van der Waals surface area contributed by atoms with Crippen LogP contribution in [0, 0.1) is 5.92 Å². The van der Waals surface area contributed by atoms with Gasteiger partial charge >= 0.3 is 0 Å². The van der Waals surface area contributed by atoms with E-state index in [2.05, 4.69) is 9.78 Å². The number of aliphatic hydroxyl groups is 2. The summed E-state index contributed by atoms with van der Waals surface area (Å²) in [5.41, 5.74) is 0. The minimum absolute atomic E-state index is 0.296. The summed E-state index contributed by atoms with van der Waals surface area (Å²) in [5.74, 6) is -2.84. The highest BCUT2D eigenvalue weighted by atomic mass is 17.3. The van der Waals surface area contributed by atoms with Crippen LogP contribution in [0.1, 0.15) is 26.2 Å². The Labute approximate surface area is 64.7 Å². The van der Waals surface area contributed by atoms with Gasteiger partial charge in [0.2, 0.25) is 11.6 Å². The van der Waals surface area contributed by atoms with Crippen molar-refractivity contribution in [3.8, 4) is 0 Å². The molecule has 0 aromatic heterocycles. The van der Waals surface area contributed by atoms with E-state index in [9.17, 15) is 10.2 Å². The molecule has 1 saturated heterocycles. The lowest BCUT2D eigenvalue weighted by atomic mass is 9.95. The normalized spacial score (nSPS) is 56.5. The first-order valence-corrected chi connectivity index (χ1v) is 3.86. The summed E-state index contributed by atoms with van der Waals surface area (Å²) < 4.78 is 0. The SMILES string of the molecule is CC1(O)OOC2(O)CCCC12. The van der Waals surface area contributed by atoms with Crippen LogP contribution in [-0.4, -0.2) is 21.8 Å². The van der Waals surface area contributed by atoms with E-state index in [1.807, 2.05) is 0 Å². The van der Waals surface area contributed by atoms with Crippen molar-refractivity contribution in [2.75, 3.05) is 0 Å². The molecule has 1 heterocycles. The topological polar surface area (TPSA) is 58.9 Å². The molecule has 11 heavy (non-hydrogen) atoms. The largest absolute Gasteiger partial charge is 0.363 e. The molecule has 1 aliphatic heterocycles. The lowest BCUT2D eigenvalue weighted by Gasteiger charge is -2.21. The third-order valence-corrected chi connectivity index (χ3v) is 2.57. The number of rotatable bonds is 0. The van der Waals surface area contributed by atoms with Gasteiger partial charge in [-0.2, -0.15) is 9.78 Å². The van der Waals surface area contributed by atoms with Gasteiger partial charge in [-0.05, 0) is 19.8 Å². The molecule has 1 aliphatic carbocycles. The molecule has 2 fully saturated rings. The van der Waals surface area contributed by atoms with Gasteiger partial charge in [0, 0.05) is 6.42 Å². The van der Waals surface area contributed by atoms with Crippen molar-refractivity contribution in [3.63, 3.8) is 0 Å². The molecule has 0 aromatic rings. The zero-order valence-electron chi connectivity index (χ0n) is 6.41. The smallest absolute Gasteiger partial charge is 0.207 e. The summed E-state index contributed by atoms with van der Waals surface area (Å²) in [6, 6.07) is 0. The first-order valence-electron chi connectivity index (χ1n) is 3.86. The summed E-state index contributed by atoms with van der Waals surface area (Å²) in [6.07, 6.45) is 2.18. The predicted molar refractivity (Wildman–Crippen MR) is 35.1 cm³/mol. The molecule has 0 amide bonds. The van der Waals surface area contributed by atoms with Crippen LogP contribution < -0.4 is 0 Å². The third kappa shape index (κ3) is 0.906. The lowest BCUT2D eigenvalue weighted by Crippen LogP contribution is -2.38. The van der Waals surface area contributed by atoms with Crippen molar-refractivity contribution in [1.29, 1.82) is 0 Å². The van der Waals surface area contributed by atoms with Gasteiger partial charge in [0.05, 0.1) is 5.92 Å². The molecule has 64 valence electrons. The molecular formula is C7H12O4. The highest BCUT2D eigenvalue weighted by Gasteiger charge is 2.59. The van der Waals surface area contributed by atoms with Crippen LogP contribution in [-0.2, 0) is 9.78 Å².